The average molecular weight is 287 g/mol. The fraction of sp³-hybridized carbons (Fsp3) is 0.667. The van der Waals surface area contributed by atoms with Gasteiger partial charge in [-0.2, -0.15) is 19.4 Å². The molecule has 0 bridgehead atoms. The number of hydrogen-bond acceptors (Lipinski definition) is 7. The van der Waals surface area contributed by atoms with E-state index in [0.29, 0.717) is 0 Å². The lowest BCUT2D eigenvalue weighted by molar-refractivity contribution is 0.150. The predicted molar refractivity (Wildman–Crippen MR) is 57.2 cm³/mol. The van der Waals surface area contributed by atoms with Gasteiger partial charge in [-0.05, 0) is 23.6 Å². The van der Waals surface area contributed by atoms with Crippen LogP contribution in [-0.4, -0.2) is 35.4 Å². The second-order valence-corrected chi connectivity index (χ2v) is 4.39. The molecule has 0 atom stereocenters. The van der Waals surface area contributed by atoms with E-state index in [9.17, 15) is 4.57 Å². The van der Waals surface area contributed by atoms with Crippen molar-refractivity contribution in [1.29, 1.82) is 10.5 Å². The minimum atomic E-state index is -2.74. The van der Waals surface area contributed by atoms with Crippen molar-refractivity contribution in [2.75, 3.05) is 26.6 Å². The van der Waals surface area contributed by atoms with Crippen molar-refractivity contribution in [3.8, 4) is 12.1 Å². The lowest BCUT2D eigenvalue weighted by atomic mass is 10.7. The van der Waals surface area contributed by atoms with Crippen molar-refractivity contribution in [3.05, 3.63) is 0 Å². The van der Waals surface area contributed by atoms with Gasteiger partial charge in [0.2, 0.25) is 0 Å². The Labute approximate surface area is 104 Å². The molecule has 16 heavy (non-hydrogen) atoms. The molecule has 10 heteroatoms. The molecule has 0 aliphatic rings. The zero-order valence-electron chi connectivity index (χ0n) is 8.10. The Bertz CT molecular complexity index is 277. The van der Waals surface area contributed by atoms with Crippen molar-refractivity contribution in [1.82, 2.24) is 8.84 Å². The fourth-order valence-electron chi connectivity index (χ4n) is 0.532. The van der Waals surface area contributed by atoms with Crippen LogP contribution in [0.15, 0.2) is 0 Å². The summed E-state index contributed by atoms with van der Waals surface area (Å²) in [7, 11) is -2.74. The Balaban J connectivity index is 3.60. The van der Waals surface area contributed by atoms with E-state index in [1.807, 2.05) is 0 Å². The minimum Gasteiger partial charge on any atom is -0.293 e. The number of hydrogen-bond donors (Lipinski definition) is 0. The molecule has 0 amide bonds. The smallest absolute Gasteiger partial charge is 0.293 e. The summed E-state index contributed by atoms with van der Waals surface area (Å²) < 4.78 is 22.4. The third kappa shape index (κ3) is 8.90. The normalized spacial score (nSPS) is 10.7. The van der Waals surface area contributed by atoms with Crippen LogP contribution >= 0.6 is 31.8 Å². The molecule has 0 fully saturated rings. The highest BCUT2D eigenvalue weighted by molar-refractivity contribution is 7.33. The van der Waals surface area contributed by atoms with Gasteiger partial charge in [0.25, 0.3) is 0 Å². The lowest BCUT2D eigenvalue weighted by Crippen LogP contribution is -2.16. The van der Waals surface area contributed by atoms with Crippen LogP contribution < -0.4 is 0 Å². The summed E-state index contributed by atoms with van der Waals surface area (Å²) in [6, 6.07) is 3.55. The average Bonchev–Trinajstić information content (AvgIpc) is 2.24. The van der Waals surface area contributed by atoms with Crippen LogP contribution in [0.4, 0.5) is 0 Å². The van der Waals surface area contributed by atoms with E-state index < -0.39 is 8.25 Å². The summed E-state index contributed by atoms with van der Waals surface area (Å²) in [6.07, 6.45) is 0. The Morgan fingerprint density at radius 2 is 1.44 bits per heavy atom. The standard InChI is InChI=1S/C6H9Cl2N4O3P/c7-11(3-1-9)5-14-16(13)15-6-12(8)4-2-10/h16H,3-6H2. The Morgan fingerprint density at radius 1 is 1.06 bits per heavy atom. The molecule has 0 aromatic rings. The van der Waals surface area contributed by atoms with Crippen molar-refractivity contribution in [3.63, 3.8) is 0 Å². The zero-order valence-corrected chi connectivity index (χ0v) is 10.6. The maximum Gasteiger partial charge on any atom is 0.321 e. The van der Waals surface area contributed by atoms with Gasteiger partial charge >= 0.3 is 8.25 Å². The predicted octanol–water partition coefficient (Wildman–Crippen LogP) is 1.28. The molecule has 7 nitrogen and oxygen atoms in total. The first-order chi connectivity index (χ1) is 7.60. The highest BCUT2D eigenvalue weighted by atomic mass is 35.5. The summed E-state index contributed by atoms with van der Waals surface area (Å²) in [6.45, 7) is -0.527. The lowest BCUT2D eigenvalue weighted by Gasteiger charge is -2.12. The van der Waals surface area contributed by atoms with Gasteiger partial charge in [0.05, 0.1) is 12.1 Å². The van der Waals surface area contributed by atoms with Gasteiger partial charge in [-0.15, -0.1) is 0 Å². The van der Waals surface area contributed by atoms with Gasteiger partial charge in [-0.1, -0.05) is 0 Å². The quantitative estimate of drug-likeness (QED) is 0.287. The summed E-state index contributed by atoms with van der Waals surface area (Å²) in [5, 5.41) is 16.5. The van der Waals surface area contributed by atoms with E-state index in [1.54, 1.807) is 12.1 Å². The second kappa shape index (κ2) is 9.83. The van der Waals surface area contributed by atoms with Crippen molar-refractivity contribution >= 4 is 31.8 Å². The molecule has 0 aromatic carbocycles. The van der Waals surface area contributed by atoms with Crippen molar-refractivity contribution < 1.29 is 13.6 Å². The van der Waals surface area contributed by atoms with Crippen LogP contribution in [0, 0.1) is 22.7 Å². The van der Waals surface area contributed by atoms with E-state index in [2.05, 4.69) is 9.05 Å². The molecule has 0 aliphatic heterocycles. The zero-order chi connectivity index (χ0) is 12.4. The van der Waals surface area contributed by atoms with Crippen LogP contribution in [0.2, 0.25) is 0 Å². The third-order valence-corrected chi connectivity index (χ3v) is 2.29. The van der Waals surface area contributed by atoms with Gasteiger partial charge < -0.3 is 0 Å². The Hall–Kier alpha value is -0.370. The molecule has 0 N–H and O–H groups in total. The summed E-state index contributed by atoms with van der Waals surface area (Å²) in [5.41, 5.74) is 0. The molecule has 0 radical (unpaired) electrons. The van der Waals surface area contributed by atoms with Crippen LogP contribution in [0.5, 0.6) is 0 Å². The molecule has 0 spiro atoms. The molecule has 0 unspecified atom stereocenters. The first-order valence-corrected chi connectivity index (χ1v) is 5.85. The molecular formula is C6H9Cl2N4O3P. The van der Waals surface area contributed by atoms with Crippen LogP contribution in [-0.2, 0) is 13.6 Å². The van der Waals surface area contributed by atoms with E-state index in [0.717, 1.165) is 8.84 Å². The largest absolute Gasteiger partial charge is 0.321 e. The second-order valence-electron chi connectivity index (χ2n) is 2.35. The number of rotatable bonds is 8. The van der Waals surface area contributed by atoms with Crippen molar-refractivity contribution in [2.24, 2.45) is 0 Å². The van der Waals surface area contributed by atoms with E-state index in [-0.39, 0.29) is 26.6 Å². The summed E-state index contributed by atoms with van der Waals surface area (Å²) in [5.74, 6) is 0. The molecule has 90 valence electrons. The van der Waals surface area contributed by atoms with E-state index >= 15 is 0 Å². The monoisotopic (exact) mass is 286 g/mol. The third-order valence-electron chi connectivity index (χ3n) is 1.13. The highest BCUT2D eigenvalue weighted by Gasteiger charge is 2.06. The van der Waals surface area contributed by atoms with E-state index in [4.69, 9.17) is 34.1 Å². The summed E-state index contributed by atoms with van der Waals surface area (Å²) >= 11 is 10.9. The maximum absolute atomic E-state index is 11.1. The van der Waals surface area contributed by atoms with Gasteiger partial charge in [0, 0.05) is 0 Å². The molecule has 0 saturated heterocycles. The van der Waals surface area contributed by atoms with Crippen LogP contribution in [0.1, 0.15) is 0 Å². The molecule has 0 saturated carbocycles. The van der Waals surface area contributed by atoms with Crippen LogP contribution in [0.3, 0.4) is 0 Å². The van der Waals surface area contributed by atoms with Crippen LogP contribution in [0.25, 0.3) is 0 Å². The first-order valence-electron chi connectivity index (χ1n) is 3.95. The fourth-order valence-corrected chi connectivity index (χ4v) is 1.51. The topological polar surface area (TPSA) is 89.6 Å². The highest BCUT2D eigenvalue weighted by Crippen LogP contribution is 2.24. The minimum absolute atomic E-state index is 0.0627. The number of halogens is 2. The molecular weight excluding hydrogens is 278 g/mol. The first kappa shape index (κ1) is 15.6. The maximum atomic E-state index is 11.1. The molecule has 0 aliphatic carbocycles. The number of nitrogens with zero attached hydrogens (tertiary/aromatic N) is 4. The Kier molecular flexibility index (Phi) is 9.60. The molecule has 0 rings (SSSR count). The molecule has 0 aromatic heterocycles. The van der Waals surface area contributed by atoms with Gasteiger partial charge in [-0.3, -0.25) is 13.6 Å². The molecule has 0 heterocycles. The van der Waals surface area contributed by atoms with Gasteiger partial charge in [0.1, 0.15) is 26.6 Å². The van der Waals surface area contributed by atoms with E-state index in [1.165, 1.54) is 0 Å². The Morgan fingerprint density at radius 3 is 1.75 bits per heavy atom. The number of nitriles is 2. The van der Waals surface area contributed by atoms with Crippen molar-refractivity contribution in [2.45, 2.75) is 0 Å². The summed E-state index contributed by atoms with van der Waals surface area (Å²) in [4.78, 5) is 0. The van der Waals surface area contributed by atoms with Gasteiger partial charge in [-0.25, -0.2) is 0 Å². The van der Waals surface area contributed by atoms with Gasteiger partial charge in [0.15, 0.2) is 0 Å². The SMILES string of the molecule is N#CCN(Cl)CO[PH](=O)OCN(Cl)CC#N.